The first-order valence-corrected chi connectivity index (χ1v) is 7.88. The van der Waals surface area contributed by atoms with Gasteiger partial charge in [0.2, 0.25) is 0 Å². The summed E-state index contributed by atoms with van der Waals surface area (Å²) in [5.74, 6) is 0. The average Bonchev–Trinajstić information content (AvgIpc) is 2.38. The normalized spacial score (nSPS) is 13.3. The topological polar surface area (TPSA) is 24.5 Å². The number of benzene rings is 1. The van der Waals surface area contributed by atoms with Crippen molar-refractivity contribution >= 4 is 5.69 Å². The van der Waals surface area contributed by atoms with Gasteiger partial charge in [-0.15, -0.1) is 0 Å². The van der Waals surface area contributed by atoms with Gasteiger partial charge in [-0.1, -0.05) is 17.7 Å². The highest BCUT2D eigenvalue weighted by Gasteiger charge is 2.17. The van der Waals surface area contributed by atoms with E-state index in [9.17, 15) is 0 Å². The van der Waals surface area contributed by atoms with Crippen molar-refractivity contribution in [1.82, 2.24) is 5.32 Å². The fourth-order valence-electron chi connectivity index (χ4n) is 2.55. The molecule has 0 bridgehead atoms. The molecule has 0 aliphatic rings. The van der Waals surface area contributed by atoms with Crippen LogP contribution in [-0.2, 0) is 11.3 Å². The first-order chi connectivity index (χ1) is 9.78. The summed E-state index contributed by atoms with van der Waals surface area (Å²) in [4.78, 5) is 2.42. The average molecular weight is 292 g/mol. The van der Waals surface area contributed by atoms with Crippen molar-refractivity contribution in [1.29, 1.82) is 0 Å². The van der Waals surface area contributed by atoms with Crippen LogP contribution < -0.4 is 10.2 Å². The number of ether oxygens (including phenoxy) is 1. The van der Waals surface area contributed by atoms with E-state index in [4.69, 9.17) is 4.74 Å². The van der Waals surface area contributed by atoms with Gasteiger partial charge in [-0.3, -0.25) is 0 Å². The van der Waals surface area contributed by atoms with Gasteiger partial charge in [-0.25, -0.2) is 0 Å². The van der Waals surface area contributed by atoms with Crippen LogP contribution in [0.5, 0.6) is 0 Å². The zero-order valence-electron chi connectivity index (χ0n) is 14.8. The van der Waals surface area contributed by atoms with Crippen molar-refractivity contribution < 1.29 is 4.74 Å². The van der Waals surface area contributed by atoms with Crippen LogP contribution in [0.3, 0.4) is 0 Å². The summed E-state index contributed by atoms with van der Waals surface area (Å²) in [5.41, 5.74) is 4.09. The fraction of sp³-hybridized carbons (Fsp3) is 0.667. The molecule has 21 heavy (non-hydrogen) atoms. The number of nitrogens with zero attached hydrogens (tertiary/aromatic N) is 1. The highest BCUT2D eigenvalue weighted by atomic mass is 16.5. The third kappa shape index (κ3) is 5.68. The lowest BCUT2D eigenvalue weighted by molar-refractivity contribution is 0.182. The molecule has 3 nitrogen and oxygen atoms in total. The minimum Gasteiger partial charge on any atom is -0.383 e. The minimum absolute atomic E-state index is 0.121. The van der Waals surface area contributed by atoms with Gasteiger partial charge >= 0.3 is 0 Å². The van der Waals surface area contributed by atoms with Crippen molar-refractivity contribution in [2.24, 2.45) is 0 Å². The first kappa shape index (κ1) is 18.0. The molecule has 0 aliphatic carbocycles. The van der Waals surface area contributed by atoms with Crippen LogP contribution in [-0.4, -0.2) is 31.8 Å². The maximum absolute atomic E-state index is 5.33. The molecule has 0 radical (unpaired) electrons. The van der Waals surface area contributed by atoms with Crippen LogP contribution in [0.2, 0.25) is 0 Å². The molecule has 1 aromatic carbocycles. The van der Waals surface area contributed by atoms with E-state index in [0.29, 0.717) is 6.04 Å². The number of anilines is 1. The number of likely N-dealkylation sites (N-methyl/N-ethyl adjacent to an activating group) is 1. The smallest absolute Gasteiger partial charge is 0.0663 e. The molecule has 0 amide bonds. The van der Waals surface area contributed by atoms with Crippen molar-refractivity contribution in [2.75, 3.05) is 25.2 Å². The second-order valence-corrected chi connectivity index (χ2v) is 6.83. The number of nitrogens with one attached hydrogen (secondary N) is 1. The van der Waals surface area contributed by atoms with Crippen LogP contribution in [0.25, 0.3) is 0 Å². The molecule has 1 N–H and O–H groups in total. The van der Waals surface area contributed by atoms with E-state index in [0.717, 1.165) is 19.7 Å². The summed E-state index contributed by atoms with van der Waals surface area (Å²) in [5, 5.41) is 3.60. The standard InChI is InChI=1S/C18H32N2O/c1-8-20(15(3)13-21-7)17-10-9-14(2)11-16(17)12-19-18(4,5)6/h9-11,15,19H,8,12-13H2,1-7H3. The Morgan fingerprint density at radius 3 is 2.48 bits per heavy atom. The van der Waals surface area contributed by atoms with E-state index >= 15 is 0 Å². The molecule has 0 fully saturated rings. The van der Waals surface area contributed by atoms with Crippen LogP contribution in [0.15, 0.2) is 18.2 Å². The summed E-state index contributed by atoms with van der Waals surface area (Å²) in [6.45, 7) is 15.8. The summed E-state index contributed by atoms with van der Waals surface area (Å²) in [6, 6.07) is 7.09. The predicted octanol–water partition coefficient (Wildman–Crippen LogP) is 3.74. The van der Waals surface area contributed by atoms with Crippen LogP contribution in [0.4, 0.5) is 5.69 Å². The lowest BCUT2D eigenvalue weighted by atomic mass is 10.0. The molecule has 1 rings (SSSR count). The Hall–Kier alpha value is -1.06. The number of hydrogen-bond donors (Lipinski definition) is 1. The highest BCUT2D eigenvalue weighted by molar-refractivity contribution is 5.55. The van der Waals surface area contributed by atoms with Crippen molar-refractivity contribution in [3.8, 4) is 0 Å². The van der Waals surface area contributed by atoms with E-state index < -0.39 is 0 Å². The summed E-state index contributed by atoms with van der Waals surface area (Å²) >= 11 is 0. The number of aryl methyl sites for hydroxylation is 1. The van der Waals surface area contributed by atoms with E-state index in [-0.39, 0.29) is 5.54 Å². The molecule has 1 unspecified atom stereocenters. The Morgan fingerprint density at radius 1 is 1.29 bits per heavy atom. The van der Waals surface area contributed by atoms with Crippen LogP contribution in [0.1, 0.15) is 45.7 Å². The van der Waals surface area contributed by atoms with Crippen molar-refractivity contribution in [3.63, 3.8) is 0 Å². The van der Waals surface area contributed by atoms with Gasteiger partial charge in [-0.05, 0) is 53.2 Å². The SMILES string of the molecule is CCN(c1ccc(C)cc1CNC(C)(C)C)C(C)COC. The van der Waals surface area contributed by atoms with Gasteiger partial charge < -0.3 is 15.0 Å². The predicted molar refractivity (Wildman–Crippen MR) is 92.1 cm³/mol. The molecule has 0 aliphatic heterocycles. The molecule has 0 saturated carbocycles. The third-order valence-corrected chi connectivity index (χ3v) is 3.63. The Labute approximate surface area is 130 Å². The Bertz CT molecular complexity index is 437. The van der Waals surface area contributed by atoms with Gasteiger partial charge in [0.05, 0.1) is 6.61 Å². The lowest BCUT2D eigenvalue weighted by Crippen LogP contribution is -2.38. The zero-order chi connectivity index (χ0) is 16.0. The molecular formula is C18H32N2O. The molecular weight excluding hydrogens is 260 g/mol. The van der Waals surface area contributed by atoms with Crippen LogP contribution in [0, 0.1) is 6.92 Å². The van der Waals surface area contributed by atoms with Gasteiger partial charge in [0.25, 0.3) is 0 Å². The molecule has 0 spiro atoms. The molecule has 1 atom stereocenters. The summed E-state index contributed by atoms with van der Waals surface area (Å²) < 4.78 is 5.33. The van der Waals surface area contributed by atoms with Crippen molar-refractivity contribution in [3.05, 3.63) is 29.3 Å². The maximum Gasteiger partial charge on any atom is 0.0663 e. The molecule has 0 saturated heterocycles. The number of hydrogen-bond acceptors (Lipinski definition) is 3. The van der Waals surface area contributed by atoms with E-state index in [1.165, 1.54) is 16.8 Å². The van der Waals surface area contributed by atoms with Gasteiger partial charge in [0.15, 0.2) is 0 Å². The van der Waals surface area contributed by atoms with Crippen molar-refractivity contribution in [2.45, 2.75) is 59.7 Å². The van der Waals surface area contributed by atoms with Gasteiger partial charge in [0, 0.05) is 37.5 Å². The molecule has 0 heterocycles. The second kappa shape index (κ2) is 7.81. The fourth-order valence-corrected chi connectivity index (χ4v) is 2.55. The minimum atomic E-state index is 0.121. The zero-order valence-corrected chi connectivity index (χ0v) is 14.8. The summed E-state index contributed by atoms with van der Waals surface area (Å²) in [6.07, 6.45) is 0. The van der Waals surface area contributed by atoms with Gasteiger partial charge in [0.1, 0.15) is 0 Å². The number of rotatable bonds is 7. The maximum atomic E-state index is 5.33. The van der Waals surface area contributed by atoms with E-state index in [2.05, 4.69) is 70.0 Å². The first-order valence-electron chi connectivity index (χ1n) is 7.88. The van der Waals surface area contributed by atoms with Crippen LogP contribution >= 0.6 is 0 Å². The Morgan fingerprint density at radius 2 is 1.95 bits per heavy atom. The van der Waals surface area contributed by atoms with E-state index in [1.807, 2.05) is 0 Å². The molecule has 0 aromatic heterocycles. The highest BCUT2D eigenvalue weighted by Crippen LogP contribution is 2.24. The molecule has 1 aromatic rings. The third-order valence-electron chi connectivity index (χ3n) is 3.63. The monoisotopic (exact) mass is 292 g/mol. The largest absolute Gasteiger partial charge is 0.383 e. The quantitative estimate of drug-likeness (QED) is 0.828. The van der Waals surface area contributed by atoms with E-state index in [1.54, 1.807) is 7.11 Å². The Balaban J connectivity index is 3.03. The lowest BCUT2D eigenvalue weighted by Gasteiger charge is -2.32. The molecule has 120 valence electrons. The second-order valence-electron chi connectivity index (χ2n) is 6.83. The number of methoxy groups -OCH3 is 1. The molecule has 3 heteroatoms. The summed E-state index contributed by atoms with van der Waals surface area (Å²) in [7, 11) is 1.77. The van der Waals surface area contributed by atoms with Gasteiger partial charge in [-0.2, -0.15) is 0 Å². The Kier molecular flexibility index (Phi) is 6.69.